The maximum absolute atomic E-state index is 13.4. The van der Waals surface area contributed by atoms with Crippen molar-refractivity contribution in [3.05, 3.63) is 96.6 Å². The van der Waals surface area contributed by atoms with E-state index in [-0.39, 0.29) is 5.91 Å². The van der Waals surface area contributed by atoms with E-state index in [1.54, 1.807) is 0 Å². The summed E-state index contributed by atoms with van der Waals surface area (Å²) in [5.41, 5.74) is 11.6. The number of amides is 1. The zero-order valence-electron chi connectivity index (χ0n) is 17.8. The first-order chi connectivity index (χ1) is 16.4. The number of nitrogens with one attached hydrogen (secondary N) is 2. The molecule has 0 aliphatic carbocycles. The number of rotatable bonds is 5. The number of carbonyl (C=O) groups is 1. The molecule has 170 valence electrons. The Bertz CT molecular complexity index is 1570. The summed E-state index contributed by atoms with van der Waals surface area (Å²) in [5.74, 6) is -0.175. The van der Waals surface area contributed by atoms with Crippen molar-refractivity contribution < 1.29 is 4.79 Å². The molecule has 0 saturated heterocycles. The Labute approximate surface area is 223 Å². The van der Waals surface area contributed by atoms with Crippen molar-refractivity contribution >= 4 is 77.8 Å². The predicted octanol–water partition coefficient (Wildman–Crippen LogP) is 6.79. The van der Waals surface area contributed by atoms with Crippen molar-refractivity contribution in [1.29, 1.82) is 0 Å². The summed E-state index contributed by atoms with van der Waals surface area (Å²) >= 11 is 12.1. The lowest BCUT2D eigenvalue weighted by Crippen LogP contribution is -2.23. The number of hydrogen-bond donors (Lipinski definition) is 3. The fraction of sp³-hybridized carbons (Fsp3) is 0.0769. The lowest BCUT2D eigenvalue weighted by molar-refractivity contribution is 0.0952. The third-order valence-electron chi connectivity index (χ3n) is 5.70. The number of aromatic amines is 1. The van der Waals surface area contributed by atoms with Crippen molar-refractivity contribution in [3.63, 3.8) is 0 Å². The van der Waals surface area contributed by atoms with Gasteiger partial charge in [-0.15, -0.1) is 0 Å². The van der Waals surface area contributed by atoms with Gasteiger partial charge in [0.05, 0.1) is 21.8 Å². The van der Waals surface area contributed by atoms with Crippen LogP contribution in [0.15, 0.2) is 71.3 Å². The number of halogens is 3. The fourth-order valence-corrected chi connectivity index (χ4v) is 4.98. The van der Waals surface area contributed by atoms with E-state index in [9.17, 15) is 4.79 Å². The van der Waals surface area contributed by atoms with Gasteiger partial charge < -0.3 is 16.0 Å². The topological polar surface area (TPSA) is 83.8 Å². The second-order valence-corrected chi connectivity index (χ2v) is 10.4. The molecule has 0 atom stereocenters. The monoisotopic (exact) mass is 644 g/mol. The van der Waals surface area contributed by atoms with E-state index < -0.39 is 0 Å². The van der Waals surface area contributed by atoms with Crippen molar-refractivity contribution in [2.75, 3.05) is 0 Å². The Hall–Kier alpha value is -2.46. The molecule has 5 rings (SSSR count). The Morgan fingerprint density at radius 3 is 2.74 bits per heavy atom. The number of hydrogen-bond acceptors (Lipinski definition) is 3. The van der Waals surface area contributed by atoms with E-state index in [4.69, 9.17) is 22.3 Å². The zero-order valence-corrected chi connectivity index (χ0v) is 22.3. The van der Waals surface area contributed by atoms with E-state index in [0.29, 0.717) is 34.9 Å². The third-order valence-corrected chi connectivity index (χ3v) is 7.71. The molecule has 4 N–H and O–H groups in total. The van der Waals surface area contributed by atoms with E-state index in [2.05, 4.69) is 48.8 Å². The van der Waals surface area contributed by atoms with E-state index in [1.165, 1.54) is 0 Å². The molecule has 0 aliphatic heterocycles. The molecule has 0 bridgehead atoms. The molecule has 3 aromatic carbocycles. The van der Waals surface area contributed by atoms with Gasteiger partial charge in [-0.05, 0) is 70.1 Å². The number of fused-ring (bicyclic) bond motifs is 2. The normalized spacial score (nSPS) is 11.3. The molecule has 0 spiro atoms. The molecule has 5 nitrogen and oxygen atoms in total. The van der Waals surface area contributed by atoms with Gasteiger partial charge in [0.1, 0.15) is 0 Å². The summed E-state index contributed by atoms with van der Waals surface area (Å²) in [7, 11) is 0. The van der Waals surface area contributed by atoms with Crippen LogP contribution in [0.25, 0.3) is 33.1 Å². The summed E-state index contributed by atoms with van der Waals surface area (Å²) in [4.78, 5) is 21.6. The lowest BCUT2D eigenvalue weighted by Gasteiger charge is -2.12. The summed E-state index contributed by atoms with van der Waals surface area (Å²) < 4.78 is 1.83. The molecular weight excluding hydrogens is 627 g/mol. The summed E-state index contributed by atoms with van der Waals surface area (Å²) in [6.07, 6.45) is 1.92. The Kier molecular flexibility index (Phi) is 6.61. The van der Waals surface area contributed by atoms with Crippen LogP contribution >= 0.6 is 50.1 Å². The SMILES string of the molecule is NCc1cccc(CNC(=O)c2cc(-c3c[nH]c4ccc(Br)cc34)nc3cc(Cl)c(I)cc23)c1. The number of carbonyl (C=O) groups excluding carboxylic acids is 1. The maximum atomic E-state index is 13.4. The summed E-state index contributed by atoms with van der Waals surface area (Å²) in [6.45, 7) is 0.858. The van der Waals surface area contributed by atoms with Crippen LogP contribution in [0.3, 0.4) is 0 Å². The van der Waals surface area contributed by atoms with Gasteiger partial charge in [0.15, 0.2) is 0 Å². The van der Waals surface area contributed by atoms with Crippen LogP contribution in [0.2, 0.25) is 5.02 Å². The molecular formula is C26H19BrClIN4O. The molecule has 2 heterocycles. The molecule has 0 radical (unpaired) electrons. The molecule has 0 saturated carbocycles. The number of pyridine rings is 1. The maximum Gasteiger partial charge on any atom is 0.252 e. The van der Waals surface area contributed by atoms with E-state index in [0.717, 1.165) is 41.0 Å². The van der Waals surface area contributed by atoms with Crippen molar-refractivity contribution in [1.82, 2.24) is 15.3 Å². The van der Waals surface area contributed by atoms with Gasteiger partial charge in [0.2, 0.25) is 0 Å². The van der Waals surface area contributed by atoms with Gasteiger partial charge in [-0.2, -0.15) is 0 Å². The molecule has 8 heteroatoms. The number of H-pyrrole nitrogens is 1. The highest BCUT2D eigenvalue weighted by atomic mass is 127. The van der Waals surface area contributed by atoms with Crippen LogP contribution in [0.5, 0.6) is 0 Å². The number of aromatic nitrogens is 2. The lowest BCUT2D eigenvalue weighted by atomic mass is 10.0. The highest BCUT2D eigenvalue weighted by molar-refractivity contribution is 14.1. The predicted molar refractivity (Wildman–Crippen MR) is 150 cm³/mol. The van der Waals surface area contributed by atoms with Crippen LogP contribution in [0.4, 0.5) is 0 Å². The average Bonchev–Trinajstić information content (AvgIpc) is 3.26. The van der Waals surface area contributed by atoms with Crippen molar-refractivity contribution in [3.8, 4) is 11.3 Å². The average molecular weight is 646 g/mol. The van der Waals surface area contributed by atoms with Crippen LogP contribution in [-0.2, 0) is 13.1 Å². The molecule has 0 aliphatic rings. The van der Waals surface area contributed by atoms with Crippen molar-refractivity contribution in [2.45, 2.75) is 13.1 Å². The highest BCUT2D eigenvalue weighted by Gasteiger charge is 2.17. The minimum atomic E-state index is -0.175. The standard InChI is InChI=1S/C26H19BrClIN4O/c27-16-4-5-23-17(7-16)20(13-31-23)24-9-19(18-8-22(29)21(28)10-25(18)33-24)26(34)32-12-15-3-1-2-14(6-15)11-30/h1-10,13,31H,11-12,30H2,(H,32,34). The quantitative estimate of drug-likeness (QED) is 0.184. The Morgan fingerprint density at radius 1 is 1.09 bits per heavy atom. The van der Waals surface area contributed by atoms with Gasteiger partial charge in [0.25, 0.3) is 5.91 Å². The molecule has 5 aromatic rings. The molecule has 0 fully saturated rings. The minimum absolute atomic E-state index is 0.175. The molecule has 1 amide bonds. The van der Waals surface area contributed by atoms with E-state index >= 15 is 0 Å². The third kappa shape index (κ3) is 4.57. The summed E-state index contributed by atoms with van der Waals surface area (Å²) in [6, 6.07) is 19.5. The highest BCUT2D eigenvalue weighted by Crippen LogP contribution is 2.34. The van der Waals surface area contributed by atoms with Gasteiger partial charge in [-0.1, -0.05) is 51.8 Å². The Balaban J connectivity index is 1.60. The first kappa shape index (κ1) is 23.3. The Morgan fingerprint density at radius 2 is 1.91 bits per heavy atom. The van der Waals surface area contributed by atoms with Crippen LogP contribution < -0.4 is 11.1 Å². The molecule has 0 unspecified atom stereocenters. The summed E-state index contributed by atoms with van der Waals surface area (Å²) in [5, 5.41) is 5.43. The number of nitrogens with two attached hydrogens (primary N) is 1. The van der Waals surface area contributed by atoms with Crippen molar-refractivity contribution in [2.24, 2.45) is 5.73 Å². The second kappa shape index (κ2) is 9.65. The largest absolute Gasteiger partial charge is 0.360 e. The van der Waals surface area contributed by atoms with Gasteiger partial charge >= 0.3 is 0 Å². The molecule has 2 aromatic heterocycles. The van der Waals surface area contributed by atoms with Gasteiger partial charge in [0, 0.05) is 49.2 Å². The zero-order chi connectivity index (χ0) is 23.8. The second-order valence-electron chi connectivity index (χ2n) is 7.94. The first-order valence-electron chi connectivity index (χ1n) is 10.6. The van der Waals surface area contributed by atoms with Crippen LogP contribution in [-0.4, -0.2) is 15.9 Å². The van der Waals surface area contributed by atoms with Gasteiger partial charge in [-0.3, -0.25) is 4.79 Å². The number of nitrogens with zero attached hydrogens (tertiary/aromatic N) is 1. The van der Waals surface area contributed by atoms with Crippen LogP contribution in [0, 0.1) is 3.57 Å². The van der Waals surface area contributed by atoms with Crippen LogP contribution in [0.1, 0.15) is 21.5 Å². The first-order valence-corrected chi connectivity index (χ1v) is 12.8. The fourth-order valence-electron chi connectivity index (χ4n) is 4.00. The molecule has 34 heavy (non-hydrogen) atoms. The number of benzene rings is 3. The smallest absolute Gasteiger partial charge is 0.252 e. The van der Waals surface area contributed by atoms with E-state index in [1.807, 2.05) is 66.9 Å². The van der Waals surface area contributed by atoms with Gasteiger partial charge in [-0.25, -0.2) is 4.98 Å². The minimum Gasteiger partial charge on any atom is -0.360 e.